The lowest BCUT2D eigenvalue weighted by Crippen LogP contribution is -2.36. The van der Waals surface area contributed by atoms with Gasteiger partial charge in [-0.1, -0.05) is 29.8 Å². The molecular weight excluding hydrogens is 462 g/mol. The minimum absolute atomic E-state index is 0.199. The van der Waals surface area contributed by atoms with E-state index in [0.717, 1.165) is 17.0 Å². The van der Waals surface area contributed by atoms with Crippen LogP contribution in [-0.2, 0) is 13.0 Å². The number of ether oxygens (including phenoxy) is 2. The molecule has 6 nitrogen and oxygen atoms in total. The lowest BCUT2D eigenvalue weighted by molar-refractivity contribution is 0.209. The second-order valence-electron chi connectivity index (χ2n) is 7.85. The van der Waals surface area contributed by atoms with Gasteiger partial charge in [0.05, 0.1) is 7.11 Å². The maximum absolute atomic E-state index is 13.2. The van der Waals surface area contributed by atoms with Gasteiger partial charge in [0.2, 0.25) is 0 Å². The van der Waals surface area contributed by atoms with Gasteiger partial charge in [-0.05, 0) is 78.4 Å². The highest BCUT2D eigenvalue weighted by molar-refractivity contribution is 6.30. The van der Waals surface area contributed by atoms with Gasteiger partial charge in [-0.15, -0.1) is 0 Å². The largest absolute Gasteiger partial charge is 0.497 e. The number of nitrogens with zero attached hydrogens (tertiary/aromatic N) is 2. The van der Waals surface area contributed by atoms with Crippen molar-refractivity contribution in [3.05, 3.63) is 113 Å². The molecule has 0 aliphatic carbocycles. The van der Waals surface area contributed by atoms with E-state index in [2.05, 4.69) is 10.3 Å². The van der Waals surface area contributed by atoms with Crippen molar-refractivity contribution >= 4 is 23.3 Å². The number of nitrogens with one attached hydrogen (secondary N) is 1. The lowest BCUT2D eigenvalue weighted by atomic mass is 10.2. The average Bonchev–Trinajstić information content (AvgIpc) is 2.89. The molecule has 4 rings (SSSR count). The predicted molar refractivity (Wildman–Crippen MR) is 138 cm³/mol. The maximum atomic E-state index is 13.2. The Morgan fingerprint density at radius 2 is 1.69 bits per heavy atom. The molecule has 0 radical (unpaired) electrons. The topological polar surface area (TPSA) is 63.7 Å². The van der Waals surface area contributed by atoms with Crippen molar-refractivity contribution in [3.63, 3.8) is 0 Å². The van der Waals surface area contributed by atoms with Crippen LogP contribution in [0.5, 0.6) is 17.2 Å². The zero-order valence-corrected chi connectivity index (χ0v) is 20.1. The SMILES string of the molecule is COc1ccc(NC(=O)N(CCc2ccccn2)Cc2cccc(Oc3ccc(Cl)cc3)c2)cc1. The molecule has 2 amide bonds. The number of carbonyl (C=O) groups is 1. The summed E-state index contributed by atoms with van der Waals surface area (Å²) in [6, 6.07) is 27.7. The van der Waals surface area contributed by atoms with E-state index in [1.165, 1.54) is 0 Å². The molecular formula is C28H26ClN3O3. The van der Waals surface area contributed by atoms with Crippen LogP contribution < -0.4 is 14.8 Å². The third kappa shape index (κ3) is 7.22. The Balaban J connectivity index is 1.48. The van der Waals surface area contributed by atoms with E-state index in [1.54, 1.807) is 30.3 Å². The van der Waals surface area contributed by atoms with Crippen molar-refractivity contribution in [1.29, 1.82) is 0 Å². The van der Waals surface area contributed by atoms with Crippen molar-refractivity contribution in [2.75, 3.05) is 19.0 Å². The van der Waals surface area contributed by atoms with Gasteiger partial charge in [0.25, 0.3) is 0 Å². The summed E-state index contributed by atoms with van der Waals surface area (Å²) >= 11 is 5.96. The van der Waals surface area contributed by atoms with Crippen LogP contribution in [0.3, 0.4) is 0 Å². The van der Waals surface area contributed by atoms with Gasteiger partial charge in [0, 0.05) is 42.1 Å². The molecule has 1 heterocycles. The summed E-state index contributed by atoms with van der Waals surface area (Å²) in [5, 5.41) is 3.63. The lowest BCUT2D eigenvalue weighted by Gasteiger charge is -2.23. The molecule has 1 aromatic heterocycles. The predicted octanol–water partition coefficient (Wildman–Crippen LogP) is 6.81. The summed E-state index contributed by atoms with van der Waals surface area (Å²) < 4.78 is 11.2. The first-order chi connectivity index (χ1) is 17.1. The number of hydrogen-bond donors (Lipinski definition) is 1. The Bertz CT molecular complexity index is 1230. The first kappa shape index (κ1) is 24.1. The molecule has 1 N–H and O–H groups in total. The fourth-order valence-electron chi connectivity index (χ4n) is 3.49. The number of methoxy groups -OCH3 is 1. The molecule has 35 heavy (non-hydrogen) atoms. The zero-order valence-electron chi connectivity index (χ0n) is 19.4. The van der Waals surface area contributed by atoms with Crippen LogP contribution >= 0.6 is 11.6 Å². The molecule has 0 aliphatic heterocycles. The molecule has 0 spiro atoms. The molecule has 0 atom stereocenters. The summed E-state index contributed by atoms with van der Waals surface area (Å²) in [6.45, 7) is 0.911. The molecule has 0 aliphatic rings. The summed E-state index contributed by atoms with van der Waals surface area (Å²) in [6.07, 6.45) is 2.40. The zero-order chi connectivity index (χ0) is 24.5. The van der Waals surface area contributed by atoms with Crippen LogP contribution in [0.25, 0.3) is 0 Å². The van der Waals surface area contributed by atoms with E-state index in [-0.39, 0.29) is 6.03 Å². The molecule has 3 aromatic carbocycles. The Hall–Kier alpha value is -4.03. The average molecular weight is 488 g/mol. The van der Waals surface area contributed by atoms with E-state index in [4.69, 9.17) is 21.1 Å². The van der Waals surface area contributed by atoms with Crippen LogP contribution in [0.2, 0.25) is 5.02 Å². The minimum atomic E-state index is -0.199. The van der Waals surface area contributed by atoms with Gasteiger partial charge in [-0.3, -0.25) is 4.98 Å². The quantitative estimate of drug-likeness (QED) is 0.281. The first-order valence-corrected chi connectivity index (χ1v) is 11.6. The van der Waals surface area contributed by atoms with Crippen LogP contribution in [0.1, 0.15) is 11.3 Å². The fourth-order valence-corrected chi connectivity index (χ4v) is 3.62. The van der Waals surface area contributed by atoms with Gasteiger partial charge in [-0.2, -0.15) is 0 Å². The molecule has 178 valence electrons. The number of pyridine rings is 1. The Morgan fingerprint density at radius 1 is 0.914 bits per heavy atom. The van der Waals surface area contributed by atoms with Crippen LogP contribution in [0.15, 0.2) is 97.2 Å². The Labute approximate surface area is 210 Å². The molecule has 0 saturated heterocycles. The van der Waals surface area contributed by atoms with Crippen LogP contribution in [0.4, 0.5) is 10.5 Å². The molecule has 0 bridgehead atoms. The highest BCUT2D eigenvalue weighted by Crippen LogP contribution is 2.24. The van der Waals surface area contributed by atoms with Crippen molar-refractivity contribution in [1.82, 2.24) is 9.88 Å². The van der Waals surface area contributed by atoms with Crippen molar-refractivity contribution in [3.8, 4) is 17.2 Å². The number of aromatic nitrogens is 1. The van der Waals surface area contributed by atoms with Gasteiger partial charge < -0.3 is 19.7 Å². The van der Waals surface area contributed by atoms with Gasteiger partial charge in [0.15, 0.2) is 0 Å². The van der Waals surface area contributed by atoms with E-state index >= 15 is 0 Å². The van der Waals surface area contributed by atoms with Gasteiger partial charge >= 0.3 is 6.03 Å². The van der Waals surface area contributed by atoms with E-state index < -0.39 is 0 Å². The number of hydrogen-bond acceptors (Lipinski definition) is 4. The molecule has 0 fully saturated rings. The summed E-state index contributed by atoms with van der Waals surface area (Å²) in [7, 11) is 1.61. The van der Waals surface area contributed by atoms with Gasteiger partial charge in [-0.25, -0.2) is 4.79 Å². The third-order valence-electron chi connectivity index (χ3n) is 5.31. The number of amides is 2. The minimum Gasteiger partial charge on any atom is -0.497 e. The molecule has 4 aromatic rings. The first-order valence-electron chi connectivity index (χ1n) is 11.2. The van der Waals surface area contributed by atoms with Crippen LogP contribution in [-0.4, -0.2) is 29.6 Å². The standard InChI is InChI=1S/C28H26ClN3O3/c1-34-25-14-10-24(11-15-25)31-28(33)32(18-16-23-6-2-3-17-30-23)20-21-5-4-7-27(19-21)35-26-12-8-22(29)9-13-26/h2-15,17,19H,16,18,20H2,1H3,(H,31,33). The number of halogens is 1. The number of urea groups is 1. The monoisotopic (exact) mass is 487 g/mol. The molecule has 0 saturated carbocycles. The van der Waals surface area contributed by atoms with Crippen LogP contribution in [0, 0.1) is 0 Å². The molecule has 0 unspecified atom stereocenters. The van der Waals surface area contributed by atoms with E-state index in [0.29, 0.717) is 41.7 Å². The maximum Gasteiger partial charge on any atom is 0.322 e. The van der Waals surface area contributed by atoms with Crippen molar-refractivity contribution in [2.24, 2.45) is 0 Å². The smallest absolute Gasteiger partial charge is 0.322 e. The van der Waals surface area contributed by atoms with Gasteiger partial charge in [0.1, 0.15) is 17.2 Å². The third-order valence-corrected chi connectivity index (χ3v) is 5.57. The van der Waals surface area contributed by atoms with Crippen molar-refractivity contribution in [2.45, 2.75) is 13.0 Å². The Kier molecular flexibility index (Phi) is 8.20. The highest BCUT2D eigenvalue weighted by atomic mass is 35.5. The van der Waals surface area contributed by atoms with E-state index in [1.807, 2.05) is 78.9 Å². The second kappa shape index (κ2) is 11.9. The number of rotatable bonds is 9. The number of benzene rings is 3. The van der Waals surface area contributed by atoms with E-state index in [9.17, 15) is 4.79 Å². The number of anilines is 1. The van der Waals surface area contributed by atoms with Crippen molar-refractivity contribution < 1.29 is 14.3 Å². The number of carbonyl (C=O) groups excluding carboxylic acids is 1. The Morgan fingerprint density at radius 3 is 2.40 bits per heavy atom. The normalized spacial score (nSPS) is 10.5. The fraction of sp³-hybridized carbons (Fsp3) is 0.143. The second-order valence-corrected chi connectivity index (χ2v) is 8.29. The summed E-state index contributed by atoms with van der Waals surface area (Å²) in [5.74, 6) is 2.10. The summed E-state index contributed by atoms with van der Waals surface area (Å²) in [4.78, 5) is 19.4. The summed E-state index contributed by atoms with van der Waals surface area (Å²) in [5.41, 5.74) is 2.57. The molecule has 7 heteroatoms. The highest BCUT2D eigenvalue weighted by Gasteiger charge is 2.15.